The summed E-state index contributed by atoms with van der Waals surface area (Å²) >= 11 is 0. The SMILES string of the molecule is CC(C)Oc1ccc(O)c(P(c2ccccc2)c2ccccc2)c1. The molecule has 0 unspecified atom stereocenters. The molecule has 0 radical (unpaired) electrons. The molecule has 0 atom stereocenters. The average Bonchev–Trinajstić information content (AvgIpc) is 2.59. The minimum atomic E-state index is -0.838. The van der Waals surface area contributed by atoms with Gasteiger partial charge in [-0.05, 0) is 50.6 Å². The van der Waals surface area contributed by atoms with Crippen molar-refractivity contribution in [1.82, 2.24) is 0 Å². The van der Waals surface area contributed by atoms with E-state index in [0.29, 0.717) is 5.75 Å². The van der Waals surface area contributed by atoms with Gasteiger partial charge in [0, 0.05) is 5.30 Å². The molecule has 3 heteroatoms. The molecular formula is C21H21O2P. The summed E-state index contributed by atoms with van der Waals surface area (Å²) in [4.78, 5) is 0. The summed E-state index contributed by atoms with van der Waals surface area (Å²) in [7, 11) is -0.838. The molecule has 0 amide bonds. The lowest BCUT2D eigenvalue weighted by Crippen LogP contribution is -2.21. The molecule has 0 heterocycles. The second kappa shape index (κ2) is 7.51. The van der Waals surface area contributed by atoms with Gasteiger partial charge in [-0.2, -0.15) is 0 Å². The Kier molecular flexibility index (Phi) is 5.17. The van der Waals surface area contributed by atoms with Gasteiger partial charge < -0.3 is 9.84 Å². The van der Waals surface area contributed by atoms with Crippen LogP contribution in [-0.2, 0) is 0 Å². The van der Waals surface area contributed by atoms with Gasteiger partial charge in [-0.1, -0.05) is 60.7 Å². The van der Waals surface area contributed by atoms with Crippen LogP contribution in [0.5, 0.6) is 11.5 Å². The maximum absolute atomic E-state index is 10.5. The third kappa shape index (κ3) is 3.77. The number of ether oxygens (including phenoxy) is 1. The van der Waals surface area contributed by atoms with Gasteiger partial charge in [0.25, 0.3) is 0 Å². The highest BCUT2D eigenvalue weighted by atomic mass is 31.1. The van der Waals surface area contributed by atoms with E-state index in [0.717, 1.165) is 11.1 Å². The van der Waals surface area contributed by atoms with Gasteiger partial charge in [0.15, 0.2) is 0 Å². The Bertz CT molecular complexity index is 746. The molecule has 2 nitrogen and oxygen atoms in total. The monoisotopic (exact) mass is 336 g/mol. The van der Waals surface area contributed by atoms with Crippen molar-refractivity contribution in [2.45, 2.75) is 20.0 Å². The Hall–Kier alpha value is -2.31. The summed E-state index contributed by atoms with van der Waals surface area (Å²) in [6.45, 7) is 4.01. The van der Waals surface area contributed by atoms with Crippen LogP contribution in [0.3, 0.4) is 0 Å². The van der Waals surface area contributed by atoms with Gasteiger partial charge >= 0.3 is 0 Å². The third-order valence-electron chi connectivity index (χ3n) is 3.59. The molecule has 122 valence electrons. The standard InChI is InChI=1S/C21H21O2P/c1-16(2)23-17-13-14-20(22)21(15-17)24(18-9-5-3-6-10-18)19-11-7-4-8-12-19/h3-16,22H,1-2H3. The van der Waals surface area contributed by atoms with Crippen molar-refractivity contribution >= 4 is 23.8 Å². The van der Waals surface area contributed by atoms with Gasteiger partial charge in [-0.15, -0.1) is 0 Å². The second-order valence-corrected chi connectivity index (χ2v) is 8.01. The van der Waals surface area contributed by atoms with Crippen LogP contribution in [-0.4, -0.2) is 11.2 Å². The van der Waals surface area contributed by atoms with E-state index >= 15 is 0 Å². The highest BCUT2D eigenvalue weighted by Crippen LogP contribution is 2.37. The summed E-state index contributed by atoms with van der Waals surface area (Å²) in [5, 5.41) is 13.8. The number of phenolic OH excluding ortho intramolecular Hbond substituents is 1. The lowest BCUT2D eigenvalue weighted by molar-refractivity contribution is 0.242. The minimum Gasteiger partial charge on any atom is -0.507 e. The van der Waals surface area contributed by atoms with E-state index in [4.69, 9.17) is 4.74 Å². The lowest BCUT2D eigenvalue weighted by Gasteiger charge is -2.21. The second-order valence-electron chi connectivity index (χ2n) is 5.82. The molecule has 0 aliphatic heterocycles. The van der Waals surface area contributed by atoms with E-state index in [1.165, 1.54) is 10.6 Å². The van der Waals surface area contributed by atoms with Crippen LogP contribution < -0.4 is 20.7 Å². The van der Waals surface area contributed by atoms with E-state index < -0.39 is 7.92 Å². The number of rotatable bonds is 5. The summed E-state index contributed by atoms with van der Waals surface area (Å²) in [6, 6.07) is 26.2. The van der Waals surface area contributed by atoms with E-state index in [1.54, 1.807) is 6.07 Å². The van der Waals surface area contributed by atoms with Crippen molar-refractivity contribution in [2.24, 2.45) is 0 Å². The van der Waals surface area contributed by atoms with Gasteiger partial charge in [0.2, 0.25) is 0 Å². The molecule has 0 aromatic heterocycles. The van der Waals surface area contributed by atoms with Gasteiger partial charge in [-0.3, -0.25) is 0 Å². The van der Waals surface area contributed by atoms with Crippen molar-refractivity contribution in [3.05, 3.63) is 78.9 Å². The van der Waals surface area contributed by atoms with Crippen LogP contribution in [0, 0.1) is 0 Å². The Labute approximate surface area is 144 Å². The zero-order valence-corrected chi connectivity index (χ0v) is 14.8. The molecule has 3 aromatic rings. The maximum Gasteiger partial charge on any atom is 0.124 e. The van der Waals surface area contributed by atoms with E-state index in [2.05, 4.69) is 24.3 Å². The molecule has 3 rings (SSSR count). The van der Waals surface area contributed by atoms with Crippen LogP contribution in [0.25, 0.3) is 0 Å². The first-order chi connectivity index (χ1) is 11.6. The van der Waals surface area contributed by atoms with E-state index in [-0.39, 0.29) is 6.10 Å². The van der Waals surface area contributed by atoms with Crippen LogP contribution in [0.1, 0.15) is 13.8 Å². The number of aromatic hydroxyl groups is 1. The summed E-state index contributed by atoms with van der Waals surface area (Å²) in [5.41, 5.74) is 0. The molecule has 0 saturated heterocycles. The average molecular weight is 336 g/mol. The first kappa shape index (κ1) is 16.5. The molecule has 0 spiro atoms. The predicted molar refractivity (Wildman–Crippen MR) is 103 cm³/mol. The fourth-order valence-electron chi connectivity index (χ4n) is 2.61. The maximum atomic E-state index is 10.5. The van der Waals surface area contributed by atoms with Crippen molar-refractivity contribution in [3.8, 4) is 11.5 Å². The van der Waals surface area contributed by atoms with E-state index in [1.807, 2.05) is 62.4 Å². The van der Waals surface area contributed by atoms with Crippen molar-refractivity contribution in [2.75, 3.05) is 0 Å². The van der Waals surface area contributed by atoms with Crippen molar-refractivity contribution < 1.29 is 9.84 Å². The van der Waals surface area contributed by atoms with Crippen molar-refractivity contribution in [3.63, 3.8) is 0 Å². The fraction of sp³-hybridized carbons (Fsp3) is 0.143. The van der Waals surface area contributed by atoms with Crippen molar-refractivity contribution in [1.29, 1.82) is 0 Å². The summed E-state index contributed by atoms with van der Waals surface area (Å²) in [5.74, 6) is 1.10. The first-order valence-electron chi connectivity index (χ1n) is 8.05. The number of benzene rings is 3. The zero-order valence-electron chi connectivity index (χ0n) is 13.9. The Morgan fingerprint density at radius 2 is 1.33 bits per heavy atom. The quantitative estimate of drug-likeness (QED) is 0.715. The number of hydrogen-bond acceptors (Lipinski definition) is 2. The fourth-order valence-corrected chi connectivity index (χ4v) is 4.96. The largest absolute Gasteiger partial charge is 0.507 e. The number of phenols is 1. The van der Waals surface area contributed by atoms with Gasteiger partial charge in [0.1, 0.15) is 11.5 Å². The highest BCUT2D eigenvalue weighted by molar-refractivity contribution is 7.80. The molecule has 0 aliphatic rings. The van der Waals surface area contributed by atoms with E-state index in [9.17, 15) is 5.11 Å². The van der Waals surface area contributed by atoms with Crippen LogP contribution in [0.15, 0.2) is 78.9 Å². The molecule has 0 aliphatic carbocycles. The topological polar surface area (TPSA) is 29.5 Å². The van der Waals surface area contributed by atoms with Gasteiger partial charge in [-0.25, -0.2) is 0 Å². The predicted octanol–water partition coefficient (Wildman–Crippen LogP) is 3.94. The molecule has 0 saturated carbocycles. The zero-order chi connectivity index (χ0) is 16.9. The Balaban J connectivity index is 2.13. The molecule has 1 N–H and O–H groups in total. The Morgan fingerprint density at radius 1 is 0.792 bits per heavy atom. The molecule has 3 aromatic carbocycles. The summed E-state index contributed by atoms with van der Waals surface area (Å²) < 4.78 is 5.83. The van der Waals surface area contributed by atoms with Crippen LogP contribution in [0.4, 0.5) is 0 Å². The number of hydrogen-bond donors (Lipinski definition) is 1. The first-order valence-corrected chi connectivity index (χ1v) is 9.39. The minimum absolute atomic E-state index is 0.0991. The lowest BCUT2D eigenvalue weighted by atomic mass is 10.3. The van der Waals surface area contributed by atoms with Gasteiger partial charge in [0.05, 0.1) is 6.10 Å². The summed E-state index contributed by atoms with van der Waals surface area (Å²) in [6.07, 6.45) is 0.0991. The molecule has 24 heavy (non-hydrogen) atoms. The van der Waals surface area contributed by atoms with Crippen LogP contribution >= 0.6 is 7.92 Å². The molecular weight excluding hydrogens is 315 g/mol. The normalized spacial score (nSPS) is 11.0. The third-order valence-corrected chi connectivity index (χ3v) is 6.06. The smallest absolute Gasteiger partial charge is 0.124 e. The molecule has 0 fully saturated rings. The Morgan fingerprint density at radius 3 is 1.83 bits per heavy atom. The molecule has 0 bridgehead atoms. The highest BCUT2D eigenvalue weighted by Gasteiger charge is 2.20. The van der Waals surface area contributed by atoms with Crippen LogP contribution in [0.2, 0.25) is 0 Å².